The van der Waals surface area contributed by atoms with Crippen LogP contribution in [0.4, 0.5) is 0 Å². The predicted molar refractivity (Wildman–Crippen MR) is 97.2 cm³/mol. The summed E-state index contributed by atoms with van der Waals surface area (Å²) in [5, 5.41) is 0. The number of ether oxygens (including phenoxy) is 2. The molecule has 2 aliphatic heterocycles. The van der Waals surface area contributed by atoms with Gasteiger partial charge in [-0.3, -0.25) is 0 Å². The maximum atomic E-state index is 13.0. The first-order valence-corrected chi connectivity index (χ1v) is 10.9. The molecule has 0 amide bonds. The molecule has 1 saturated heterocycles. The zero-order valence-electron chi connectivity index (χ0n) is 13.5. The number of nitrogens with zero attached hydrogens (tertiary/aromatic N) is 1. The van der Waals surface area contributed by atoms with Crippen molar-refractivity contribution in [3.05, 3.63) is 40.2 Å². The number of hydrogen-bond donors (Lipinski definition) is 0. The number of halogens is 1. The van der Waals surface area contributed by atoms with Gasteiger partial charge in [0.1, 0.15) is 4.21 Å². The Morgan fingerprint density at radius 1 is 1.08 bits per heavy atom. The molecule has 0 bridgehead atoms. The van der Waals surface area contributed by atoms with Crippen LogP contribution in [0.3, 0.4) is 0 Å². The quantitative estimate of drug-likeness (QED) is 0.780. The van der Waals surface area contributed by atoms with Gasteiger partial charge in [-0.25, -0.2) is 8.42 Å². The molecule has 1 aromatic heterocycles. The van der Waals surface area contributed by atoms with Crippen molar-refractivity contribution >= 4 is 33.0 Å². The standard InChI is InChI=1S/C17H18ClNO4S2/c18-16-6-7-17(24-16)25(20,21)19-8-1-3-13(19)12-4-5-14-15(11-12)23-10-2-9-22-14/h4-7,11,13H,1-3,8-10H2/t13-/m0/s1. The first-order chi connectivity index (χ1) is 12.1. The average Bonchev–Trinajstić information content (AvgIpc) is 3.19. The lowest BCUT2D eigenvalue weighted by Gasteiger charge is -2.24. The van der Waals surface area contributed by atoms with Crippen LogP contribution in [0.2, 0.25) is 4.34 Å². The van der Waals surface area contributed by atoms with Crippen molar-refractivity contribution in [2.24, 2.45) is 0 Å². The molecule has 134 valence electrons. The summed E-state index contributed by atoms with van der Waals surface area (Å²) < 4.78 is 39.8. The maximum Gasteiger partial charge on any atom is 0.253 e. The molecule has 0 unspecified atom stereocenters. The highest BCUT2D eigenvalue weighted by molar-refractivity contribution is 7.91. The van der Waals surface area contributed by atoms with Crippen molar-refractivity contribution in [1.82, 2.24) is 4.31 Å². The lowest BCUT2D eigenvalue weighted by atomic mass is 10.0. The van der Waals surface area contributed by atoms with Gasteiger partial charge >= 0.3 is 0 Å². The van der Waals surface area contributed by atoms with Crippen LogP contribution in [0.5, 0.6) is 11.5 Å². The van der Waals surface area contributed by atoms with E-state index in [4.69, 9.17) is 21.1 Å². The van der Waals surface area contributed by atoms with E-state index in [1.165, 1.54) is 0 Å². The Labute approximate surface area is 156 Å². The summed E-state index contributed by atoms with van der Waals surface area (Å²) in [6.45, 7) is 1.75. The second-order valence-corrected chi connectivity index (χ2v) is 9.92. The van der Waals surface area contributed by atoms with Crippen LogP contribution < -0.4 is 9.47 Å². The van der Waals surface area contributed by atoms with E-state index in [1.807, 2.05) is 18.2 Å². The van der Waals surface area contributed by atoms with Gasteiger partial charge in [0.2, 0.25) is 0 Å². The Bertz CT molecular complexity index is 881. The monoisotopic (exact) mass is 399 g/mol. The first-order valence-electron chi connectivity index (χ1n) is 8.22. The fourth-order valence-electron chi connectivity index (χ4n) is 3.30. The molecular weight excluding hydrogens is 382 g/mol. The van der Waals surface area contributed by atoms with Crippen LogP contribution in [-0.4, -0.2) is 32.5 Å². The van der Waals surface area contributed by atoms with Gasteiger partial charge in [-0.1, -0.05) is 17.7 Å². The zero-order valence-corrected chi connectivity index (χ0v) is 15.9. The molecule has 0 spiro atoms. The third kappa shape index (κ3) is 3.26. The van der Waals surface area contributed by atoms with Gasteiger partial charge in [0, 0.05) is 13.0 Å². The minimum Gasteiger partial charge on any atom is -0.490 e. The van der Waals surface area contributed by atoms with E-state index < -0.39 is 10.0 Å². The molecule has 3 heterocycles. The number of fused-ring (bicyclic) bond motifs is 1. The van der Waals surface area contributed by atoms with E-state index in [2.05, 4.69) is 0 Å². The van der Waals surface area contributed by atoms with Crippen molar-refractivity contribution in [2.45, 2.75) is 29.5 Å². The van der Waals surface area contributed by atoms with Gasteiger partial charge in [-0.2, -0.15) is 4.31 Å². The second-order valence-electron chi connectivity index (χ2n) is 6.09. The predicted octanol–water partition coefficient (Wildman–Crippen LogP) is 4.09. The summed E-state index contributed by atoms with van der Waals surface area (Å²) in [6.07, 6.45) is 2.46. The van der Waals surface area contributed by atoms with Crippen molar-refractivity contribution in [3.63, 3.8) is 0 Å². The average molecular weight is 400 g/mol. The molecule has 2 aromatic rings. The lowest BCUT2D eigenvalue weighted by molar-refractivity contribution is 0.296. The van der Waals surface area contributed by atoms with E-state index in [9.17, 15) is 8.42 Å². The molecule has 2 aliphatic rings. The molecule has 0 aliphatic carbocycles. The zero-order chi connectivity index (χ0) is 17.4. The Kier molecular flexibility index (Phi) is 4.66. The highest BCUT2D eigenvalue weighted by atomic mass is 35.5. The van der Waals surface area contributed by atoms with Crippen LogP contribution in [0, 0.1) is 0 Å². The van der Waals surface area contributed by atoms with Crippen molar-refractivity contribution in [1.29, 1.82) is 0 Å². The summed E-state index contributed by atoms with van der Waals surface area (Å²) in [6, 6.07) is 8.74. The van der Waals surface area contributed by atoms with Crippen molar-refractivity contribution in [2.75, 3.05) is 19.8 Å². The van der Waals surface area contributed by atoms with E-state index in [-0.39, 0.29) is 6.04 Å². The molecule has 1 aromatic carbocycles. The number of thiophene rings is 1. The molecule has 5 nitrogen and oxygen atoms in total. The maximum absolute atomic E-state index is 13.0. The Hall–Kier alpha value is -1.28. The van der Waals surface area contributed by atoms with Crippen molar-refractivity contribution in [3.8, 4) is 11.5 Å². The van der Waals surface area contributed by atoms with Gasteiger partial charge in [-0.05, 0) is 42.7 Å². The third-order valence-electron chi connectivity index (χ3n) is 4.47. The van der Waals surface area contributed by atoms with E-state index in [0.717, 1.165) is 41.9 Å². The Balaban J connectivity index is 1.67. The van der Waals surface area contributed by atoms with Crippen LogP contribution in [0.15, 0.2) is 34.5 Å². The Morgan fingerprint density at radius 3 is 2.64 bits per heavy atom. The molecule has 1 atom stereocenters. The molecule has 0 saturated carbocycles. The summed E-state index contributed by atoms with van der Waals surface area (Å²) >= 11 is 7.02. The minimum absolute atomic E-state index is 0.192. The molecular formula is C17H18ClNO4S2. The van der Waals surface area contributed by atoms with E-state index in [1.54, 1.807) is 16.4 Å². The summed E-state index contributed by atoms with van der Waals surface area (Å²) in [4.78, 5) is 0. The number of sulfonamides is 1. The third-order valence-corrected chi connectivity index (χ3v) is 8.08. The molecule has 0 N–H and O–H groups in total. The first kappa shape index (κ1) is 17.1. The normalized spacial score (nSPS) is 21.2. The van der Waals surface area contributed by atoms with Gasteiger partial charge in [0.15, 0.2) is 11.5 Å². The highest BCUT2D eigenvalue weighted by Gasteiger charge is 2.37. The number of benzene rings is 1. The SMILES string of the molecule is O=S(=O)(c1ccc(Cl)s1)N1CCC[C@H]1c1ccc2c(c1)OCCCO2. The van der Waals surface area contributed by atoms with E-state index in [0.29, 0.717) is 34.1 Å². The van der Waals surface area contributed by atoms with Gasteiger partial charge in [0.25, 0.3) is 10.0 Å². The second kappa shape index (κ2) is 6.79. The molecule has 4 rings (SSSR count). The van der Waals surface area contributed by atoms with E-state index >= 15 is 0 Å². The summed E-state index contributed by atoms with van der Waals surface area (Å²) in [5.41, 5.74) is 0.938. The van der Waals surface area contributed by atoms with Gasteiger partial charge in [-0.15, -0.1) is 11.3 Å². The molecule has 8 heteroatoms. The number of rotatable bonds is 3. The van der Waals surface area contributed by atoms with Crippen molar-refractivity contribution < 1.29 is 17.9 Å². The fourth-order valence-corrected chi connectivity index (χ4v) is 6.59. The summed E-state index contributed by atoms with van der Waals surface area (Å²) in [5.74, 6) is 1.41. The fraction of sp³-hybridized carbons (Fsp3) is 0.412. The van der Waals surface area contributed by atoms with Crippen LogP contribution in [0.25, 0.3) is 0 Å². The lowest BCUT2D eigenvalue weighted by Crippen LogP contribution is -2.30. The number of hydrogen-bond acceptors (Lipinski definition) is 5. The summed E-state index contributed by atoms with van der Waals surface area (Å²) in [7, 11) is -3.55. The molecule has 0 radical (unpaired) electrons. The van der Waals surface area contributed by atoms with Crippen LogP contribution in [0.1, 0.15) is 30.9 Å². The van der Waals surface area contributed by atoms with Crippen LogP contribution >= 0.6 is 22.9 Å². The van der Waals surface area contributed by atoms with Crippen LogP contribution in [-0.2, 0) is 10.0 Å². The molecule has 1 fully saturated rings. The smallest absolute Gasteiger partial charge is 0.253 e. The minimum atomic E-state index is -3.55. The van der Waals surface area contributed by atoms with Gasteiger partial charge in [0.05, 0.1) is 23.6 Å². The largest absolute Gasteiger partial charge is 0.490 e. The Morgan fingerprint density at radius 2 is 1.88 bits per heavy atom. The highest BCUT2D eigenvalue weighted by Crippen LogP contribution is 2.41. The molecule has 25 heavy (non-hydrogen) atoms. The topological polar surface area (TPSA) is 55.8 Å². The van der Waals surface area contributed by atoms with Gasteiger partial charge < -0.3 is 9.47 Å².